The van der Waals surface area contributed by atoms with Crippen LogP contribution in [0.25, 0.3) is 0 Å². The Morgan fingerprint density at radius 1 is 1.45 bits per heavy atom. The second-order valence-corrected chi connectivity index (χ2v) is 4.74. The molecule has 0 aliphatic carbocycles. The molecule has 1 aliphatic heterocycles. The Morgan fingerprint density at radius 2 is 2.05 bits per heavy atom. The van der Waals surface area contributed by atoms with Gasteiger partial charge in [0.2, 0.25) is 0 Å². The fourth-order valence-corrected chi connectivity index (χ4v) is 2.36. The Kier molecular flexibility index (Phi) is 4.20. The van der Waals surface area contributed by atoms with E-state index >= 15 is 0 Å². The van der Waals surface area contributed by atoms with Crippen LogP contribution in [0.5, 0.6) is 5.75 Å². The molecule has 20 heavy (non-hydrogen) atoms. The summed E-state index contributed by atoms with van der Waals surface area (Å²) < 4.78 is 32.4. The number of rotatable bonds is 4. The summed E-state index contributed by atoms with van der Waals surface area (Å²) in [5.41, 5.74) is -0.230. The van der Waals surface area contributed by atoms with Crippen molar-refractivity contribution in [3.05, 3.63) is 29.3 Å². The predicted octanol–water partition coefficient (Wildman–Crippen LogP) is 0.993. The van der Waals surface area contributed by atoms with Crippen molar-refractivity contribution in [2.75, 3.05) is 13.7 Å². The zero-order chi connectivity index (χ0) is 14.9. The van der Waals surface area contributed by atoms with Gasteiger partial charge in [-0.2, -0.15) is 0 Å². The Morgan fingerprint density at radius 3 is 2.55 bits per heavy atom. The number of β-amino-alcohol motifs (C(OH)–C–C–N with tert-alkyl or cyclic N) is 1. The van der Waals surface area contributed by atoms with E-state index in [1.54, 1.807) is 0 Å². The zero-order valence-electron chi connectivity index (χ0n) is 10.8. The molecule has 0 saturated carbocycles. The van der Waals surface area contributed by atoms with E-state index in [0.717, 1.165) is 12.1 Å². The number of hydrogen-bond acceptors (Lipinski definition) is 4. The molecule has 7 heteroatoms. The molecule has 0 spiro atoms. The van der Waals surface area contributed by atoms with Crippen LogP contribution in [0.1, 0.15) is 12.0 Å². The molecule has 1 saturated heterocycles. The van der Waals surface area contributed by atoms with Gasteiger partial charge in [-0.05, 0) is 0 Å². The number of likely N-dealkylation sites (tertiary alicyclic amines) is 1. The van der Waals surface area contributed by atoms with E-state index in [9.17, 15) is 18.7 Å². The van der Waals surface area contributed by atoms with Crippen LogP contribution >= 0.6 is 0 Å². The standard InChI is InChI=1S/C13H15F2NO4/c1-20-8-3-10(14)9(11(15)4-8)6-16-5-7(17)2-12(16)13(18)19/h3-4,7,12,17H,2,5-6H2,1H3,(H,18,19)/t7-,12+/m1/s1. The molecule has 1 fully saturated rings. The molecule has 0 bridgehead atoms. The summed E-state index contributed by atoms with van der Waals surface area (Å²) in [7, 11) is 1.30. The molecule has 0 unspecified atom stereocenters. The van der Waals surface area contributed by atoms with E-state index in [1.807, 2.05) is 0 Å². The smallest absolute Gasteiger partial charge is 0.321 e. The lowest BCUT2D eigenvalue weighted by molar-refractivity contribution is -0.142. The minimum atomic E-state index is -1.11. The Bertz CT molecular complexity index is 500. The molecular weight excluding hydrogens is 272 g/mol. The quantitative estimate of drug-likeness (QED) is 0.864. The molecule has 2 N–H and O–H groups in total. The van der Waals surface area contributed by atoms with Gasteiger partial charge >= 0.3 is 5.97 Å². The lowest BCUT2D eigenvalue weighted by atomic mass is 10.1. The van der Waals surface area contributed by atoms with Gasteiger partial charge in [0.1, 0.15) is 23.4 Å². The largest absolute Gasteiger partial charge is 0.497 e. The van der Waals surface area contributed by atoms with Gasteiger partial charge in [0.15, 0.2) is 0 Å². The van der Waals surface area contributed by atoms with Crippen molar-refractivity contribution in [3.8, 4) is 5.75 Å². The minimum Gasteiger partial charge on any atom is -0.497 e. The summed E-state index contributed by atoms with van der Waals surface area (Å²) in [6.07, 6.45) is -0.755. The van der Waals surface area contributed by atoms with Crippen molar-refractivity contribution in [2.24, 2.45) is 0 Å². The number of aliphatic hydroxyl groups excluding tert-OH is 1. The molecule has 0 amide bonds. The van der Waals surface area contributed by atoms with Crippen molar-refractivity contribution in [1.29, 1.82) is 0 Å². The summed E-state index contributed by atoms with van der Waals surface area (Å²) in [6, 6.07) is 1.15. The number of carbonyl (C=O) groups is 1. The normalized spacial score (nSPS) is 23.0. The number of aliphatic hydroxyl groups is 1. The van der Waals surface area contributed by atoms with Gasteiger partial charge < -0.3 is 14.9 Å². The third-order valence-corrected chi connectivity index (χ3v) is 3.38. The van der Waals surface area contributed by atoms with E-state index in [-0.39, 0.29) is 30.8 Å². The van der Waals surface area contributed by atoms with Crippen LogP contribution in [-0.4, -0.2) is 46.9 Å². The molecule has 2 rings (SSSR count). The van der Waals surface area contributed by atoms with Crippen molar-refractivity contribution < 1.29 is 28.5 Å². The number of halogens is 2. The second-order valence-electron chi connectivity index (χ2n) is 4.74. The third-order valence-electron chi connectivity index (χ3n) is 3.38. The first-order valence-corrected chi connectivity index (χ1v) is 6.09. The number of carboxylic acid groups (broad SMARTS) is 1. The molecule has 0 aromatic heterocycles. The highest BCUT2D eigenvalue weighted by Gasteiger charge is 2.36. The van der Waals surface area contributed by atoms with Gasteiger partial charge in [-0.1, -0.05) is 0 Å². The Hall–Kier alpha value is -1.73. The van der Waals surface area contributed by atoms with E-state index in [2.05, 4.69) is 0 Å². The highest BCUT2D eigenvalue weighted by molar-refractivity contribution is 5.74. The van der Waals surface area contributed by atoms with E-state index < -0.39 is 29.7 Å². The number of ether oxygens (including phenoxy) is 1. The first-order chi connectivity index (χ1) is 9.42. The maximum absolute atomic E-state index is 13.8. The fraction of sp³-hybridized carbons (Fsp3) is 0.462. The van der Waals surface area contributed by atoms with Crippen LogP contribution in [0.15, 0.2) is 12.1 Å². The monoisotopic (exact) mass is 287 g/mol. The van der Waals surface area contributed by atoms with Gasteiger partial charge in [-0.15, -0.1) is 0 Å². The Labute approximate surface area is 114 Å². The van der Waals surface area contributed by atoms with Crippen LogP contribution in [0, 0.1) is 11.6 Å². The maximum Gasteiger partial charge on any atom is 0.321 e. The molecule has 1 aliphatic rings. The average molecular weight is 287 g/mol. The van der Waals surface area contributed by atoms with Gasteiger partial charge in [0.05, 0.1) is 13.2 Å². The molecule has 0 radical (unpaired) electrons. The van der Waals surface area contributed by atoms with E-state index in [4.69, 9.17) is 9.84 Å². The Balaban J connectivity index is 2.23. The van der Waals surface area contributed by atoms with Crippen molar-refractivity contribution in [1.82, 2.24) is 4.90 Å². The number of carboxylic acids is 1. The lowest BCUT2D eigenvalue weighted by Crippen LogP contribution is -2.36. The average Bonchev–Trinajstić information content (AvgIpc) is 2.74. The maximum atomic E-state index is 13.8. The van der Waals surface area contributed by atoms with E-state index in [1.165, 1.54) is 12.0 Å². The summed E-state index contributed by atoms with van der Waals surface area (Å²) in [5, 5.41) is 18.5. The SMILES string of the molecule is COc1cc(F)c(CN2C[C@H](O)C[C@H]2C(=O)O)c(F)c1. The van der Waals surface area contributed by atoms with Crippen LogP contribution in [0.4, 0.5) is 8.78 Å². The molecule has 1 aromatic carbocycles. The van der Waals surface area contributed by atoms with Gasteiger partial charge in [-0.25, -0.2) is 8.78 Å². The van der Waals surface area contributed by atoms with Gasteiger partial charge in [0, 0.05) is 37.2 Å². The fourth-order valence-electron chi connectivity index (χ4n) is 2.36. The number of nitrogens with zero attached hydrogens (tertiary/aromatic N) is 1. The van der Waals surface area contributed by atoms with Crippen molar-refractivity contribution in [2.45, 2.75) is 25.1 Å². The number of aliphatic carboxylic acids is 1. The van der Waals surface area contributed by atoms with Gasteiger partial charge in [0.25, 0.3) is 0 Å². The molecular formula is C13H15F2NO4. The summed E-state index contributed by atoms with van der Waals surface area (Å²) in [4.78, 5) is 12.4. The molecule has 5 nitrogen and oxygen atoms in total. The van der Waals surface area contributed by atoms with E-state index in [0.29, 0.717) is 0 Å². The molecule has 110 valence electrons. The van der Waals surface area contributed by atoms with Crippen molar-refractivity contribution in [3.63, 3.8) is 0 Å². The highest BCUT2D eigenvalue weighted by Crippen LogP contribution is 2.26. The van der Waals surface area contributed by atoms with Gasteiger partial charge in [-0.3, -0.25) is 9.69 Å². The number of methoxy groups -OCH3 is 1. The van der Waals surface area contributed by atoms with Crippen molar-refractivity contribution >= 4 is 5.97 Å². The third kappa shape index (κ3) is 2.88. The minimum absolute atomic E-state index is 0.0503. The van der Waals surface area contributed by atoms with Crippen LogP contribution in [0.2, 0.25) is 0 Å². The second kappa shape index (κ2) is 5.72. The number of hydrogen-bond donors (Lipinski definition) is 2. The summed E-state index contributed by atoms with van der Waals surface area (Å²) >= 11 is 0. The first-order valence-electron chi connectivity index (χ1n) is 6.09. The summed E-state index contributed by atoms with van der Waals surface area (Å²) in [6.45, 7) is -0.141. The van der Waals surface area contributed by atoms with Crippen LogP contribution in [0.3, 0.4) is 0 Å². The summed E-state index contributed by atoms with van der Waals surface area (Å²) in [5.74, 6) is -2.66. The first kappa shape index (κ1) is 14.7. The molecule has 2 atom stereocenters. The molecule has 1 heterocycles. The zero-order valence-corrected chi connectivity index (χ0v) is 10.8. The number of benzene rings is 1. The lowest BCUT2D eigenvalue weighted by Gasteiger charge is -2.21. The molecule has 1 aromatic rings. The highest BCUT2D eigenvalue weighted by atomic mass is 19.1. The predicted molar refractivity (Wildman–Crippen MR) is 65.4 cm³/mol. The van der Waals surface area contributed by atoms with Crippen LogP contribution in [-0.2, 0) is 11.3 Å². The topological polar surface area (TPSA) is 70.0 Å². The van der Waals surface area contributed by atoms with Crippen LogP contribution < -0.4 is 4.74 Å².